The standard InChI is InChI=1S/C19H24ClO5P/c1-14(2)16-6-10-18(11-7-16)25-19(3,13-24-26(21,22)23)12-15-4-8-17(20)9-5-15/h4-11,14H,12-13H2,1-3H3,(H2,21,22,23). The molecule has 0 aliphatic heterocycles. The van der Waals surface area contributed by atoms with E-state index in [0.29, 0.717) is 23.1 Å². The van der Waals surface area contributed by atoms with Gasteiger partial charge in [0.05, 0.1) is 6.61 Å². The van der Waals surface area contributed by atoms with Gasteiger partial charge in [-0.15, -0.1) is 0 Å². The van der Waals surface area contributed by atoms with Crippen molar-refractivity contribution >= 4 is 19.4 Å². The van der Waals surface area contributed by atoms with Crippen LogP contribution in [0.4, 0.5) is 0 Å². The molecule has 5 nitrogen and oxygen atoms in total. The Labute approximate surface area is 159 Å². The molecule has 2 aromatic rings. The largest absolute Gasteiger partial charge is 0.485 e. The van der Waals surface area contributed by atoms with E-state index in [1.807, 2.05) is 36.4 Å². The Morgan fingerprint density at radius 2 is 1.65 bits per heavy atom. The highest BCUT2D eigenvalue weighted by atomic mass is 35.5. The van der Waals surface area contributed by atoms with Crippen molar-refractivity contribution in [3.8, 4) is 5.75 Å². The summed E-state index contributed by atoms with van der Waals surface area (Å²) in [5, 5.41) is 0.618. The lowest BCUT2D eigenvalue weighted by Crippen LogP contribution is -2.40. The number of halogens is 1. The van der Waals surface area contributed by atoms with Crippen LogP contribution in [-0.2, 0) is 15.5 Å². The van der Waals surface area contributed by atoms with Gasteiger partial charge in [-0.3, -0.25) is 4.52 Å². The summed E-state index contributed by atoms with van der Waals surface area (Å²) in [6, 6.07) is 14.9. The third kappa shape index (κ3) is 6.75. The van der Waals surface area contributed by atoms with E-state index in [0.717, 1.165) is 5.56 Å². The molecule has 7 heteroatoms. The first-order valence-corrected chi connectivity index (χ1v) is 10.2. The fourth-order valence-corrected chi connectivity index (χ4v) is 3.14. The number of phosphoric ester groups is 1. The van der Waals surface area contributed by atoms with E-state index in [-0.39, 0.29) is 6.61 Å². The van der Waals surface area contributed by atoms with E-state index in [1.165, 1.54) is 5.56 Å². The average Bonchev–Trinajstić information content (AvgIpc) is 2.55. The molecule has 0 radical (unpaired) electrons. The van der Waals surface area contributed by atoms with Crippen LogP contribution < -0.4 is 4.74 Å². The average molecular weight is 399 g/mol. The summed E-state index contributed by atoms with van der Waals surface area (Å²) >= 11 is 5.92. The Morgan fingerprint density at radius 3 is 2.15 bits per heavy atom. The molecule has 0 aliphatic rings. The molecule has 0 aromatic heterocycles. The molecule has 0 saturated carbocycles. The Bertz CT molecular complexity index is 755. The van der Waals surface area contributed by atoms with Crippen molar-refractivity contribution in [2.24, 2.45) is 0 Å². The lowest BCUT2D eigenvalue weighted by Gasteiger charge is -2.31. The predicted octanol–water partition coefficient (Wildman–Crippen LogP) is 4.95. The van der Waals surface area contributed by atoms with E-state index < -0.39 is 13.4 Å². The van der Waals surface area contributed by atoms with Crippen LogP contribution in [0.15, 0.2) is 48.5 Å². The second kappa shape index (κ2) is 8.55. The van der Waals surface area contributed by atoms with E-state index in [4.69, 9.17) is 30.6 Å². The van der Waals surface area contributed by atoms with Gasteiger partial charge in [-0.2, -0.15) is 0 Å². The third-order valence-electron chi connectivity index (χ3n) is 3.94. The Morgan fingerprint density at radius 1 is 1.08 bits per heavy atom. The van der Waals surface area contributed by atoms with Crippen molar-refractivity contribution in [2.75, 3.05) is 6.61 Å². The first-order valence-electron chi connectivity index (χ1n) is 8.30. The molecule has 0 fully saturated rings. The van der Waals surface area contributed by atoms with Crippen LogP contribution >= 0.6 is 19.4 Å². The van der Waals surface area contributed by atoms with Crippen LogP contribution in [0.3, 0.4) is 0 Å². The maximum absolute atomic E-state index is 11.1. The smallest absolute Gasteiger partial charge is 0.469 e. The molecule has 2 rings (SSSR count). The number of hydrogen-bond acceptors (Lipinski definition) is 3. The molecular weight excluding hydrogens is 375 g/mol. The molecule has 142 valence electrons. The highest BCUT2D eigenvalue weighted by Crippen LogP contribution is 2.38. The normalized spacial score (nSPS) is 14.3. The van der Waals surface area contributed by atoms with Crippen LogP contribution in [0.2, 0.25) is 5.02 Å². The Hall–Kier alpha value is -1.36. The summed E-state index contributed by atoms with van der Waals surface area (Å²) in [4.78, 5) is 18.1. The van der Waals surface area contributed by atoms with Crippen LogP contribution in [0.1, 0.15) is 37.8 Å². The predicted molar refractivity (Wildman–Crippen MR) is 103 cm³/mol. The quantitative estimate of drug-likeness (QED) is 0.615. The van der Waals surface area contributed by atoms with E-state index >= 15 is 0 Å². The maximum Gasteiger partial charge on any atom is 0.469 e. The number of phosphoric acid groups is 1. The molecule has 2 N–H and O–H groups in total. The van der Waals surface area contributed by atoms with Crippen molar-refractivity contribution < 1.29 is 23.6 Å². The van der Waals surface area contributed by atoms with Gasteiger partial charge < -0.3 is 14.5 Å². The molecule has 0 amide bonds. The van der Waals surface area contributed by atoms with Crippen molar-refractivity contribution in [3.63, 3.8) is 0 Å². The van der Waals surface area contributed by atoms with Crippen LogP contribution in [0, 0.1) is 0 Å². The zero-order valence-corrected chi connectivity index (χ0v) is 16.7. The first kappa shape index (κ1) is 20.9. The summed E-state index contributed by atoms with van der Waals surface area (Å²) in [5.74, 6) is 1.02. The van der Waals surface area contributed by atoms with Gasteiger partial charge in [-0.05, 0) is 48.2 Å². The molecule has 26 heavy (non-hydrogen) atoms. The summed E-state index contributed by atoms with van der Waals surface area (Å²) < 4.78 is 22.0. The molecule has 1 atom stereocenters. The second-order valence-corrected chi connectivity index (χ2v) is 8.52. The van der Waals surface area contributed by atoms with Gasteiger partial charge in [0.2, 0.25) is 0 Å². The number of benzene rings is 2. The van der Waals surface area contributed by atoms with Gasteiger partial charge in [-0.1, -0.05) is 49.7 Å². The van der Waals surface area contributed by atoms with Gasteiger partial charge in [0.15, 0.2) is 0 Å². The van der Waals surface area contributed by atoms with Crippen molar-refractivity contribution in [1.82, 2.24) is 0 Å². The fraction of sp³-hybridized carbons (Fsp3) is 0.368. The molecule has 1 unspecified atom stereocenters. The second-order valence-electron chi connectivity index (χ2n) is 6.84. The molecule has 0 heterocycles. The summed E-state index contributed by atoms with van der Waals surface area (Å²) in [6.45, 7) is 5.71. The fourth-order valence-electron chi connectivity index (χ4n) is 2.58. The summed E-state index contributed by atoms with van der Waals surface area (Å²) in [5.41, 5.74) is 1.14. The monoisotopic (exact) mass is 398 g/mol. The number of hydrogen-bond donors (Lipinski definition) is 2. The number of ether oxygens (including phenoxy) is 1. The molecule has 0 saturated heterocycles. The Balaban J connectivity index is 2.20. The van der Waals surface area contributed by atoms with Gasteiger partial charge in [-0.25, -0.2) is 4.57 Å². The SMILES string of the molecule is CC(C)c1ccc(OC(C)(COP(=O)(O)O)Cc2ccc(Cl)cc2)cc1. The lowest BCUT2D eigenvalue weighted by molar-refractivity contribution is 0.0230. The zero-order chi connectivity index (χ0) is 19.4. The molecule has 0 spiro atoms. The molecular formula is C19H24ClO5P. The van der Waals surface area contributed by atoms with Crippen molar-refractivity contribution in [2.45, 2.75) is 38.7 Å². The topological polar surface area (TPSA) is 76.0 Å². The highest BCUT2D eigenvalue weighted by molar-refractivity contribution is 7.46. The first-order chi connectivity index (χ1) is 12.1. The third-order valence-corrected chi connectivity index (χ3v) is 4.66. The van der Waals surface area contributed by atoms with Gasteiger partial charge in [0.25, 0.3) is 0 Å². The minimum atomic E-state index is -4.60. The molecule has 0 aliphatic carbocycles. The minimum absolute atomic E-state index is 0.258. The van der Waals surface area contributed by atoms with E-state index in [1.54, 1.807) is 19.1 Å². The van der Waals surface area contributed by atoms with Gasteiger partial charge in [0, 0.05) is 11.4 Å². The van der Waals surface area contributed by atoms with Crippen LogP contribution in [0.5, 0.6) is 5.75 Å². The molecule has 0 bridgehead atoms. The summed E-state index contributed by atoms with van der Waals surface area (Å²) in [6.07, 6.45) is 0.399. The van der Waals surface area contributed by atoms with Crippen molar-refractivity contribution in [3.05, 3.63) is 64.7 Å². The van der Waals surface area contributed by atoms with Gasteiger partial charge >= 0.3 is 7.82 Å². The van der Waals surface area contributed by atoms with Crippen LogP contribution in [0.25, 0.3) is 0 Å². The highest BCUT2D eigenvalue weighted by Gasteiger charge is 2.31. The van der Waals surface area contributed by atoms with Crippen LogP contribution in [-0.4, -0.2) is 22.0 Å². The summed E-state index contributed by atoms with van der Waals surface area (Å²) in [7, 11) is -4.60. The van der Waals surface area contributed by atoms with Gasteiger partial charge in [0.1, 0.15) is 11.4 Å². The maximum atomic E-state index is 11.1. The Kier molecular flexibility index (Phi) is 6.89. The van der Waals surface area contributed by atoms with E-state index in [2.05, 4.69) is 13.8 Å². The van der Waals surface area contributed by atoms with E-state index in [9.17, 15) is 4.57 Å². The number of rotatable bonds is 8. The van der Waals surface area contributed by atoms with Crippen molar-refractivity contribution in [1.29, 1.82) is 0 Å². The zero-order valence-electron chi connectivity index (χ0n) is 15.1. The minimum Gasteiger partial charge on any atom is -0.485 e. The molecule has 2 aromatic carbocycles. The lowest BCUT2D eigenvalue weighted by atomic mass is 9.97.